The molecule has 7 heteroatoms. The lowest BCUT2D eigenvalue weighted by Crippen LogP contribution is -2.17. The summed E-state index contributed by atoms with van der Waals surface area (Å²) in [6.45, 7) is 5.64. The molecule has 0 radical (unpaired) electrons. The van der Waals surface area contributed by atoms with Crippen LogP contribution in [0.15, 0.2) is 35.3 Å². The van der Waals surface area contributed by atoms with Gasteiger partial charge in [-0.3, -0.25) is 18.8 Å². The van der Waals surface area contributed by atoms with Gasteiger partial charge in [0.25, 0.3) is 5.56 Å². The van der Waals surface area contributed by atoms with Crippen molar-refractivity contribution in [2.75, 3.05) is 0 Å². The van der Waals surface area contributed by atoms with Crippen molar-refractivity contribution in [2.24, 2.45) is 0 Å². The lowest BCUT2D eigenvalue weighted by molar-refractivity contribution is -0.145. The third kappa shape index (κ3) is 4.49. The quantitative estimate of drug-likeness (QED) is 0.481. The Labute approximate surface area is 160 Å². The summed E-state index contributed by atoms with van der Waals surface area (Å²) in [5.74, 6) is -0.551. The Morgan fingerprint density at radius 2 is 1.93 bits per heavy atom. The minimum atomic E-state index is -0.487. The number of carbonyl (C=O) groups is 2. The molecular formula is C20H20N2O4S. The molecule has 3 rings (SSSR count). The molecular weight excluding hydrogens is 364 g/mol. The molecule has 0 N–H and O–H groups in total. The second-order valence-corrected chi connectivity index (χ2v) is 7.89. The van der Waals surface area contributed by atoms with Crippen LogP contribution < -0.4 is 5.56 Å². The maximum atomic E-state index is 12.2. The van der Waals surface area contributed by atoms with E-state index in [-0.39, 0.29) is 30.8 Å². The van der Waals surface area contributed by atoms with Crippen molar-refractivity contribution >= 4 is 28.7 Å². The Balaban J connectivity index is 1.58. The number of aryl methyl sites for hydroxylation is 3. The number of aromatic nitrogens is 2. The maximum absolute atomic E-state index is 12.2. The zero-order chi connectivity index (χ0) is 19.6. The molecule has 0 aliphatic heterocycles. The van der Waals surface area contributed by atoms with E-state index in [4.69, 9.17) is 4.74 Å². The summed E-state index contributed by atoms with van der Waals surface area (Å²) < 4.78 is 6.63. The number of ketones is 1. The summed E-state index contributed by atoms with van der Waals surface area (Å²) >= 11 is 1.57. The fourth-order valence-electron chi connectivity index (χ4n) is 2.82. The van der Waals surface area contributed by atoms with Gasteiger partial charge in [0.05, 0.1) is 12.1 Å². The summed E-state index contributed by atoms with van der Waals surface area (Å²) in [5.41, 5.74) is 2.27. The average molecular weight is 384 g/mol. The largest absolute Gasteiger partial charge is 0.459 e. The van der Waals surface area contributed by atoms with Crippen LogP contribution in [-0.4, -0.2) is 21.1 Å². The van der Waals surface area contributed by atoms with Crippen LogP contribution in [-0.2, 0) is 16.1 Å². The van der Waals surface area contributed by atoms with Crippen molar-refractivity contribution in [1.29, 1.82) is 0 Å². The number of pyridine rings is 1. The fourth-order valence-corrected chi connectivity index (χ4v) is 3.76. The third-order valence-electron chi connectivity index (χ3n) is 4.14. The minimum Gasteiger partial charge on any atom is -0.459 e. The van der Waals surface area contributed by atoms with Crippen LogP contribution in [0.5, 0.6) is 0 Å². The molecule has 0 bridgehead atoms. The van der Waals surface area contributed by atoms with Gasteiger partial charge in [-0.05, 0) is 38.5 Å². The molecule has 140 valence electrons. The third-order valence-corrected chi connectivity index (χ3v) is 5.11. The Kier molecular flexibility index (Phi) is 5.51. The number of nitrogens with zero attached hydrogens (tertiary/aromatic N) is 2. The van der Waals surface area contributed by atoms with E-state index in [1.165, 1.54) is 10.5 Å². The predicted octanol–water partition coefficient (Wildman–Crippen LogP) is 3.39. The molecule has 0 unspecified atom stereocenters. The molecule has 0 saturated carbocycles. The van der Waals surface area contributed by atoms with Gasteiger partial charge in [0.1, 0.15) is 12.3 Å². The highest BCUT2D eigenvalue weighted by molar-refractivity contribution is 7.12. The summed E-state index contributed by atoms with van der Waals surface area (Å²) in [6, 6.07) is 6.80. The molecule has 0 aromatic carbocycles. The van der Waals surface area contributed by atoms with Gasteiger partial charge >= 0.3 is 5.97 Å². The molecule has 3 heterocycles. The van der Waals surface area contributed by atoms with E-state index in [9.17, 15) is 14.4 Å². The zero-order valence-corrected chi connectivity index (χ0v) is 16.3. The summed E-state index contributed by atoms with van der Waals surface area (Å²) in [4.78, 5) is 42.7. The summed E-state index contributed by atoms with van der Waals surface area (Å²) in [6.07, 6.45) is 1.81. The fraction of sp³-hybridized carbons (Fsp3) is 0.300. The first kappa shape index (κ1) is 19.0. The van der Waals surface area contributed by atoms with E-state index in [1.807, 2.05) is 32.9 Å². The SMILES string of the molecule is Cc1ccc2nc(COC(=O)CCC(=O)c3cc(C)sc3C)cc(=O)n2c1. The molecule has 0 aliphatic rings. The molecule has 0 spiro atoms. The number of ether oxygens (including phenoxy) is 1. The summed E-state index contributed by atoms with van der Waals surface area (Å²) in [5, 5.41) is 0. The van der Waals surface area contributed by atoms with E-state index in [1.54, 1.807) is 23.6 Å². The Bertz CT molecular complexity index is 1080. The predicted molar refractivity (Wildman–Crippen MR) is 103 cm³/mol. The van der Waals surface area contributed by atoms with Crippen molar-refractivity contribution in [3.8, 4) is 0 Å². The van der Waals surface area contributed by atoms with Gasteiger partial charge in [-0.15, -0.1) is 11.3 Å². The van der Waals surface area contributed by atoms with E-state index >= 15 is 0 Å². The van der Waals surface area contributed by atoms with Crippen LogP contribution in [0.4, 0.5) is 0 Å². The normalized spacial score (nSPS) is 10.9. The molecule has 0 atom stereocenters. The second-order valence-electron chi connectivity index (χ2n) is 6.43. The van der Waals surface area contributed by atoms with Crippen LogP contribution in [0, 0.1) is 20.8 Å². The number of carbonyl (C=O) groups excluding carboxylic acids is 2. The van der Waals surface area contributed by atoms with Crippen molar-refractivity contribution in [2.45, 2.75) is 40.2 Å². The van der Waals surface area contributed by atoms with Gasteiger partial charge < -0.3 is 4.74 Å². The van der Waals surface area contributed by atoms with E-state index in [2.05, 4.69) is 4.98 Å². The number of Topliss-reactive ketones (excluding diaryl/α,β-unsaturated/α-hetero) is 1. The van der Waals surface area contributed by atoms with Gasteiger partial charge in [-0.1, -0.05) is 6.07 Å². The topological polar surface area (TPSA) is 77.7 Å². The van der Waals surface area contributed by atoms with E-state index in [0.717, 1.165) is 15.3 Å². The second kappa shape index (κ2) is 7.84. The highest BCUT2D eigenvalue weighted by Crippen LogP contribution is 2.22. The van der Waals surface area contributed by atoms with E-state index in [0.29, 0.717) is 16.9 Å². The van der Waals surface area contributed by atoms with Crippen LogP contribution >= 0.6 is 11.3 Å². The van der Waals surface area contributed by atoms with Gasteiger partial charge in [0.15, 0.2) is 5.78 Å². The number of rotatable bonds is 6. The highest BCUT2D eigenvalue weighted by Gasteiger charge is 2.15. The van der Waals surface area contributed by atoms with Crippen LogP contribution in [0.25, 0.3) is 5.65 Å². The average Bonchev–Trinajstić information content (AvgIpc) is 2.97. The van der Waals surface area contributed by atoms with Crippen LogP contribution in [0.1, 0.15) is 44.2 Å². The highest BCUT2D eigenvalue weighted by atomic mass is 32.1. The smallest absolute Gasteiger partial charge is 0.306 e. The molecule has 0 fully saturated rings. The van der Waals surface area contributed by atoms with Gasteiger partial charge in [0, 0.05) is 34.0 Å². The van der Waals surface area contributed by atoms with E-state index < -0.39 is 5.97 Å². The number of esters is 1. The number of fused-ring (bicyclic) bond motifs is 1. The minimum absolute atomic E-state index is 0.00107. The van der Waals surface area contributed by atoms with Gasteiger partial charge in [-0.25, -0.2) is 4.98 Å². The zero-order valence-electron chi connectivity index (χ0n) is 15.4. The molecule has 0 saturated heterocycles. The van der Waals surface area contributed by atoms with Crippen molar-refractivity contribution < 1.29 is 14.3 Å². The van der Waals surface area contributed by atoms with Gasteiger partial charge in [0.2, 0.25) is 0 Å². The molecule has 3 aromatic rings. The van der Waals surface area contributed by atoms with Crippen LogP contribution in [0.3, 0.4) is 0 Å². The Morgan fingerprint density at radius 3 is 2.63 bits per heavy atom. The number of thiophene rings is 1. The molecule has 3 aromatic heterocycles. The van der Waals surface area contributed by atoms with Crippen molar-refractivity contribution in [3.63, 3.8) is 0 Å². The van der Waals surface area contributed by atoms with Gasteiger partial charge in [-0.2, -0.15) is 0 Å². The molecule has 27 heavy (non-hydrogen) atoms. The number of hydrogen-bond acceptors (Lipinski definition) is 6. The first-order chi connectivity index (χ1) is 12.8. The standard InChI is InChI=1S/C20H20N2O4S/c1-12-4-6-18-21-15(9-19(24)22(18)10-12)11-26-20(25)7-5-17(23)16-8-13(2)27-14(16)3/h4,6,8-10H,5,7,11H2,1-3H3. The van der Waals surface area contributed by atoms with Crippen LogP contribution in [0.2, 0.25) is 0 Å². The first-order valence-electron chi connectivity index (χ1n) is 8.58. The molecule has 0 aliphatic carbocycles. The summed E-state index contributed by atoms with van der Waals surface area (Å²) in [7, 11) is 0. The molecule has 0 amide bonds. The maximum Gasteiger partial charge on any atom is 0.306 e. The Morgan fingerprint density at radius 1 is 1.15 bits per heavy atom. The van der Waals surface area contributed by atoms with Crippen molar-refractivity contribution in [3.05, 3.63) is 67.4 Å². The Hall–Kier alpha value is -2.80. The number of hydrogen-bond donors (Lipinski definition) is 0. The van der Waals surface area contributed by atoms with Crippen molar-refractivity contribution in [1.82, 2.24) is 9.38 Å². The lowest BCUT2D eigenvalue weighted by atomic mass is 10.1. The monoisotopic (exact) mass is 384 g/mol. The lowest BCUT2D eigenvalue weighted by Gasteiger charge is -2.06. The first-order valence-corrected chi connectivity index (χ1v) is 9.40. The molecule has 6 nitrogen and oxygen atoms in total.